The number of benzene rings is 2. The van der Waals surface area contributed by atoms with Crippen molar-refractivity contribution in [2.45, 2.75) is 30.5 Å². The maximum atomic E-state index is 13.0. The molecule has 0 radical (unpaired) electrons. The Morgan fingerprint density at radius 3 is 2.29 bits per heavy atom. The van der Waals surface area contributed by atoms with Crippen molar-refractivity contribution in [3.8, 4) is 23.0 Å². The fourth-order valence-corrected chi connectivity index (χ4v) is 3.79. The van der Waals surface area contributed by atoms with E-state index in [0.29, 0.717) is 0 Å². The summed E-state index contributed by atoms with van der Waals surface area (Å²) in [7, 11) is 1.25. The van der Waals surface area contributed by atoms with Crippen molar-refractivity contribution >= 4 is 21.9 Å². The summed E-state index contributed by atoms with van der Waals surface area (Å²) in [5, 5.41) is 69.9. The van der Waals surface area contributed by atoms with Crippen LogP contribution < -0.4 is 10.2 Å². The van der Waals surface area contributed by atoms with Crippen molar-refractivity contribution < 1.29 is 49.6 Å². The maximum absolute atomic E-state index is 13.0. The minimum atomic E-state index is -1.73. The van der Waals surface area contributed by atoms with E-state index < -0.39 is 59.8 Å². The molecular formula is C20H20O11. The van der Waals surface area contributed by atoms with Gasteiger partial charge in [-0.15, -0.1) is 0 Å². The number of aliphatic hydroxyl groups is 4. The van der Waals surface area contributed by atoms with Gasteiger partial charge in [0.15, 0.2) is 11.5 Å². The smallest absolute Gasteiger partial charge is 0.204 e. The summed E-state index contributed by atoms with van der Waals surface area (Å²) in [4.78, 5) is 13.0. The van der Waals surface area contributed by atoms with Gasteiger partial charge in [0.1, 0.15) is 58.6 Å². The summed E-state index contributed by atoms with van der Waals surface area (Å²) in [6.07, 6.45) is -7.80. The van der Waals surface area contributed by atoms with Crippen LogP contribution in [0.4, 0.5) is 0 Å². The van der Waals surface area contributed by atoms with E-state index in [1.54, 1.807) is 0 Å². The van der Waals surface area contributed by atoms with Crippen LogP contribution >= 0.6 is 0 Å². The minimum Gasteiger partial charge on any atom is -0.506 e. The Hall–Kier alpha value is -3.09. The molecule has 0 amide bonds. The lowest BCUT2D eigenvalue weighted by Crippen LogP contribution is -2.55. The van der Waals surface area contributed by atoms with Crippen molar-refractivity contribution in [1.29, 1.82) is 0 Å². The summed E-state index contributed by atoms with van der Waals surface area (Å²) in [6.45, 7) is -0.687. The number of methoxy groups -OCH3 is 1. The molecule has 0 bridgehead atoms. The van der Waals surface area contributed by atoms with Gasteiger partial charge in [-0.25, -0.2) is 0 Å². The van der Waals surface area contributed by atoms with Crippen LogP contribution in [-0.2, 0) is 4.74 Å². The van der Waals surface area contributed by atoms with E-state index in [-0.39, 0.29) is 33.3 Å². The predicted molar refractivity (Wildman–Crippen MR) is 104 cm³/mol. The van der Waals surface area contributed by atoms with Crippen molar-refractivity contribution in [3.05, 3.63) is 34.0 Å². The average Bonchev–Trinajstić information content (AvgIpc) is 2.74. The molecule has 1 aromatic heterocycles. The molecular weight excluding hydrogens is 416 g/mol. The lowest BCUT2D eigenvalue weighted by atomic mass is 9.89. The molecule has 1 saturated heterocycles. The van der Waals surface area contributed by atoms with E-state index in [1.165, 1.54) is 13.2 Å². The van der Waals surface area contributed by atoms with Crippen LogP contribution in [0.25, 0.3) is 21.9 Å². The highest BCUT2D eigenvalue weighted by Crippen LogP contribution is 2.45. The van der Waals surface area contributed by atoms with E-state index in [9.17, 15) is 40.5 Å². The first-order valence-electron chi connectivity index (χ1n) is 9.22. The van der Waals surface area contributed by atoms with Gasteiger partial charge in [-0.1, -0.05) is 0 Å². The predicted octanol–water partition coefficient (Wildman–Crippen LogP) is -0.414. The largest absolute Gasteiger partial charge is 0.506 e. The molecule has 1 aliphatic rings. The third-order valence-electron chi connectivity index (χ3n) is 5.43. The number of phenolic OH excluding ortho intramolecular Hbond substituents is 3. The van der Waals surface area contributed by atoms with Gasteiger partial charge in [-0.05, 0) is 6.07 Å². The van der Waals surface area contributed by atoms with Crippen molar-refractivity contribution in [1.82, 2.24) is 0 Å². The number of phenols is 3. The summed E-state index contributed by atoms with van der Waals surface area (Å²) in [6, 6.07) is 3.27. The normalized spacial score (nSPS) is 26.4. The van der Waals surface area contributed by atoms with Gasteiger partial charge in [0.2, 0.25) is 5.43 Å². The number of hydrogen-bond acceptors (Lipinski definition) is 11. The molecule has 0 saturated carbocycles. The van der Waals surface area contributed by atoms with Crippen LogP contribution in [0.15, 0.2) is 27.4 Å². The Kier molecular flexibility index (Phi) is 5.15. The number of rotatable bonds is 3. The van der Waals surface area contributed by atoms with E-state index in [4.69, 9.17) is 13.9 Å². The third kappa shape index (κ3) is 3.14. The van der Waals surface area contributed by atoms with Gasteiger partial charge in [-0.2, -0.15) is 0 Å². The van der Waals surface area contributed by atoms with Gasteiger partial charge in [-0.3, -0.25) is 4.79 Å². The molecule has 7 N–H and O–H groups in total. The number of hydrogen-bond donors (Lipinski definition) is 7. The van der Waals surface area contributed by atoms with Gasteiger partial charge < -0.3 is 49.6 Å². The van der Waals surface area contributed by atoms with Crippen LogP contribution in [0.2, 0.25) is 0 Å². The second-order valence-electron chi connectivity index (χ2n) is 7.23. The fourth-order valence-electron chi connectivity index (χ4n) is 3.79. The molecule has 11 heteroatoms. The van der Waals surface area contributed by atoms with Gasteiger partial charge >= 0.3 is 0 Å². The molecule has 1 aliphatic heterocycles. The number of aromatic hydroxyl groups is 3. The highest BCUT2D eigenvalue weighted by Gasteiger charge is 2.46. The number of ether oxygens (including phenoxy) is 2. The zero-order valence-corrected chi connectivity index (χ0v) is 16.1. The summed E-state index contributed by atoms with van der Waals surface area (Å²) in [5.74, 6) is -1.83. The average molecular weight is 436 g/mol. The van der Waals surface area contributed by atoms with Crippen molar-refractivity contribution in [3.63, 3.8) is 0 Å². The third-order valence-corrected chi connectivity index (χ3v) is 5.43. The van der Waals surface area contributed by atoms with Gasteiger partial charge in [0, 0.05) is 12.1 Å². The van der Waals surface area contributed by atoms with Crippen LogP contribution in [0.5, 0.6) is 23.0 Å². The second kappa shape index (κ2) is 7.55. The molecule has 166 valence electrons. The lowest BCUT2D eigenvalue weighted by Gasteiger charge is -2.40. The van der Waals surface area contributed by atoms with Gasteiger partial charge in [0.05, 0.1) is 24.7 Å². The topological polar surface area (TPSA) is 190 Å². The molecule has 4 rings (SSSR count). The van der Waals surface area contributed by atoms with E-state index in [2.05, 4.69) is 0 Å². The zero-order valence-electron chi connectivity index (χ0n) is 16.1. The molecule has 2 aromatic carbocycles. The molecule has 5 atom stereocenters. The quantitative estimate of drug-likeness (QED) is 0.209. The minimum absolute atomic E-state index is 0.0603. The van der Waals surface area contributed by atoms with E-state index >= 15 is 0 Å². The van der Waals surface area contributed by atoms with Crippen LogP contribution in [0.1, 0.15) is 11.7 Å². The highest BCUT2D eigenvalue weighted by atomic mass is 16.5. The molecule has 3 aromatic rings. The monoisotopic (exact) mass is 436 g/mol. The van der Waals surface area contributed by atoms with Crippen LogP contribution in [-0.4, -0.2) is 73.9 Å². The highest BCUT2D eigenvalue weighted by molar-refractivity contribution is 5.96. The van der Waals surface area contributed by atoms with Crippen LogP contribution in [0.3, 0.4) is 0 Å². The first kappa shape index (κ1) is 21.2. The molecule has 2 heterocycles. The summed E-state index contributed by atoms with van der Waals surface area (Å²) >= 11 is 0. The molecule has 1 fully saturated rings. The van der Waals surface area contributed by atoms with Crippen molar-refractivity contribution in [2.75, 3.05) is 13.7 Å². The first-order valence-corrected chi connectivity index (χ1v) is 9.22. The van der Waals surface area contributed by atoms with Crippen molar-refractivity contribution in [2.24, 2.45) is 0 Å². The lowest BCUT2D eigenvalue weighted by molar-refractivity contribution is -0.232. The zero-order chi connectivity index (χ0) is 22.6. The maximum Gasteiger partial charge on any atom is 0.204 e. The van der Waals surface area contributed by atoms with E-state index in [0.717, 1.165) is 12.1 Å². The second-order valence-corrected chi connectivity index (χ2v) is 7.23. The Morgan fingerprint density at radius 1 is 0.968 bits per heavy atom. The standard InChI is InChI=1S/C20H20O11/c1-29-10-4-11-13(15(24)6-2-7(22)8(23)3-9(6)30-11)17(26)14(10)20-19(28)18(27)16(25)12(5-21)31-20/h2-4,12,16,18-23,25-28H,5H2,1H3/t12-,16-,18+,19-,20+/m1/s1. The van der Waals surface area contributed by atoms with Gasteiger partial charge in [0.25, 0.3) is 0 Å². The summed E-state index contributed by atoms with van der Waals surface area (Å²) < 4.78 is 16.3. The molecule has 0 aliphatic carbocycles. The van der Waals surface area contributed by atoms with Crippen LogP contribution in [0, 0.1) is 0 Å². The Labute approximate surface area is 173 Å². The molecule has 31 heavy (non-hydrogen) atoms. The van der Waals surface area contributed by atoms with E-state index in [1.807, 2.05) is 0 Å². The Bertz CT molecular complexity index is 1220. The molecule has 0 spiro atoms. The molecule has 0 unspecified atom stereocenters. The number of aliphatic hydroxyl groups excluding tert-OH is 4. The Morgan fingerprint density at radius 2 is 1.65 bits per heavy atom. The number of fused-ring (bicyclic) bond motifs is 2. The first-order chi connectivity index (χ1) is 14.7. The molecule has 11 nitrogen and oxygen atoms in total. The SMILES string of the molecule is COc1cc2oc3cc(O)c(O)cc3c(=O)c2c(O)c1[C@@H]1O[C@H](CO)[C@@H](O)[C@H](O)[C@H]1O. The fraction of sp³-hybridized carbons (Fsp3) is 0.350. The summed E-state index contributed by atoms with van der Waals surface area (Å²) in [5.41, 5.74) is -1.14. The Balaban J connectivity index is 2.01.